The molecule has 0 aliphatic rings. The number of hydrogen-bond donors (Lipinski definition) is 0. The van der Waals surface area contributed by atoms with Crippen LogP contribution in [0.25, 0.3) is 66.4 Å². The molecule has 0 saturated heterocycles. The van der Waals surface area contributed by atoms with Crippen LogP contribution in [0, 0.1) is 17.9 Å². The van der Waals surface area contributed by atoms with Crippen LogP contribution in [0.5, 0.6) is 0 Å². The zero-order valence-corrected chi connectivity index (χ0v) is 31.0. The third kappa shape index (κ3) is 6.48. The van der Waals surface area contributed by atoms with E-state index in [1.165, 1.54) is 17.3 Å². The van der Waals surface area contributed by atoms with Crippen LogP contribution in [0.2, 0.25) is 19.6 Å². The summed E-state index contributed by atoms with van der Waals surface area (Å²) in [6.07, 6.45) is 3.54. The topological polar surface area (TPSA) is 65.0 Å². The standard InChI is InChI=1S/C26H19N2O2.C14H15FNSi.Ir/c1-26(2,3)24-13-20(27-14-28-24)17-9-6-8-16-19-12-22-18(11-23(19)30-25(16)17)15-7-4-5-10-21(15)29-22;1-17(2,3)13-8-9-14(16-10-13)11-4-6-12(15)7-5-11;/h4-8,10-14H,1-3H3;4,6-10H,1-3H3;/q2*-1;. The Labute approximate surface area is 293 Å². The molecule has 1 radical (unpaired) electrons. The van der Waals surface area contributed by atoms with E-state index in [0.717, 1.165) is 72.1 Å². The van der Waals surface area contributed by atoms with Gasteiger partial charge in [0.1, 0.15) is 23.1 Å². The predicted octanol–water partition coefficient (Wildman–Crippen LogP) is 10.3. The minimum atomic E-state index is -1.30. The van der Waals surface area contributed by atoms with E-state index in [1.807, 2.05) is 48.7 Å². The quantitative estimate of drug-likeness (QED) is 0.131. The molecule has 0 bridgehead atoms. The molecule has 5 nitrogen and oxygen atoms in total. The number of rotatable bonds is 3. The molecule has 243 valence electrons. The molecule has 0 aliphatic carbocycles. The second-order valence-corrected chi connectivity index (χ2v) is 18.9. The first-order chi connectivity index (χ1) is 22.5. The largest absolute Gasteiger partial charge is 0.501 e. The summed E-state index contributed by atoms with van der Waals surface area (Å²) in [7, 11) is -1.30. The Balaban J connectivity index is 0.000000191. The summed E-state index contributed by atoms with van der Waals surface area (Å²) in [5.41, 5.74) is 7.60. The molecular formula is C40H34FIrN3O2Si-2. The van der Waals surface area contributed by atoms with Gasteiger partial charge in [0.25, 0.3) is 0 Å². The van der Waals surface area contributed by atoms with E-state index < -0.39 is 8.07 Å². The van der Waals surface area contributed by atoms with Crippen LogP contribution in [0.15, 0.2) is 106 Å². The molecule has 8 rings (SSSR count). The van der Waals surface area contributed by atoms with Gasteiger partial charge in [-0.2, -0.15) is 0 Å². The smallest absolute Gasteiger partial charge is 0.136 e. The average Bonchev–Trinajstić information content (AvgIpc) is 3.61. The minimum absolute atomic E-state index is 0. The molecule has 0 N–H and O–H groups in total. The van der Waals surface area contributed by atoms with E-state index in [0.29, 0.717) is 0 Å². The van der Waals surface area contributed by atoms with Crippen LogP contribution in [-0.2, 0) is 25.5 Å². The number of furan rings is 2. The molecule has 4 aromatic heterocycles. The van der Waals surface area contributed by atoms with Crippen molar-refractivity contribution in [2.75, 3.05) is 0 Å². The summed E-state index contributed by atoms with van der Waals surface area (Å²) in [6, 6.07) is 33.0. The third-order valence-electron chi connectivity index (χ3n) is 8.30. The summed E-state index contributed by atoms with van der Waals surface area (Å²) in [5.74, 6) is -0.271. The van der Waals surface area contributed by atoms with Gasteiger partial charge in [0.2, 0.25) is 0 Å². The van der Waals surface area contributed by atoms with Gasteiger partial charge in [-0.05, 0) is 34.8 Å². The fraction of sp³-hybridized carbons (Fsp3) is 0.175. The van der Waals surface area contributed by atoms with Crippen molar-refractivity contribution in [3.8, 4) is 22.5 Å². The molecule has 8 aromatic rings. The maximum Gasteiger partial charge on any atom is 0.136 e. The molecular weight excluding hydrogens is 794 g/mol. The Morgan fingerprint density at radius 1 is 0.708 bits per heavy atom. The van der Waals surface area contributed by atoms with Crippen LogP contribution in [-0.4, -0.2) is 23.0 Å². The SMILES string of the molecule is CC(C)(C)c1cc(-c2[c-]ccc3c2oc2cc4c(cc23)oc2ccccc24)ncn1.C[Si](C)(C)c1ccc(-c2[c-]cc(F)cc2)nc1.[Ir]. The van der Waals surface area contributed by atoms with Crippen LogP contribution in [0.1, 0.15) is 26.5 Å². The maximum atomic E-state index is 12.8. The van der Waals surface area contributed by atoms with E-state index in [-0.39, 0.29) is 31.3 Å². The van der Waals surface area contributed by atoms with Crippen molar-refractivity contribution in [3.05, 3.63) is 121 Å². The summed E-state index contributed by atoms with van der Waals surface area (Å²) in [4.78, 5) is 13.4. The monoisotopic (exact) mass is 828 g/mol. The average molecular weight is 828 g/mol. The molecule has 0 atom stereocenters. The van der Waals surface area contributed by atoms with Crippen LogP contribution >= 0.6 is 0 Å². The van der Waals surface area contributed by atoms with Crippen LogP contribution in [0.4, 0.5) is 4.39 Å². The van der Waals surface area contributed by atoms with Crippen molar-refractivity contribution in [3.63, 3.8) is 0 Å². The first-order valence-corrected chi connectivity index (χ1v) is 19.1. The number of hydrogen-bond acceptors (Lipinski definition) is 5. The first-order valence-electron chi connectivity index (χ1n) is 15.6. The van der Waals surface area contributed by atoms with Gasteiger partial charge in [-0.25, -0.2) is 4.98 Å². The van der Waals surface area contributed by atoms with Crippen LogP contribution < -0.4 is 5.19 Å². The Bertz CT molecular complexity index is 2390. The van der Waals surface area contributed by atoms with Gasteiger partial charge in [-0.1, -0.05) is 87.8 Å². The number of para-hydroxylation sites is 1. The van der Waals surface area contributed by atoms with E-state index in [2.05, 4.69) is 91.8 Å². The van der Waals surface area contributed by atoms with Gasteiger partial charge >= 0.3 is 0 Å². The minimum Gasteiger partial charge on any atom is -0.501 e. The molecule has 48 heavy (non-hydrogen) atoms. The van der Waals surface area contributed by atoms with E-state index in [4.69, 9.17) is 8.83 Å². The molecule has 0 amide bonds. The number of pyridine rings is 1. The van der Waals surface area contributed by atoms with Gasteiger partial charge in [-0.3, -0.25) is 9.37 Å². The van der Waals surface area contributed by atoms with E-state index >= 15 is 0 Å². The number of fused-ring (bicyclic) bond motifs is 6. The van der Waals surface area contributed by atoms with Crippen molar-refractivity contribution < 1.29 is 33.3 Å². The van der Waals surface area contributed by atoms with Gasteiger partial charge < -0.3 is 13.8 Å². The van der Waals surface area contributed by atoms with Gasteiger partial charge in [0, 0.05) is 59.4 Å². The number of aromatic nitrogens is 3. The Kier molecular flexibility index (Phi) is 8.94. The molecule has 4 aromatic carbocycles. The molecule has 4 heterocycles. The van der Waals surface area contributed by atoms with Crippen molar-refractivity contribution in [1.29, 1.82) is 0 Å². The molecule has 8 heteroatoms. The molecule has 0 fully saturated rings. The van der Waals surface area contributed by atoms with E-state index in [9.17, 15) is 4.39 Å². The summed E-state index contributed by atoms with van der Waals surface area (Å²) >= 11 is 0. The summed E-state index contributed by atoms with van der Waals surface area (Å²) in [6.45, 7) is 13.3. The van der Waals surface area contributed by atoms with Crippen molar-refractivity contribution >= 4 is 57.1 Å². The fourth-order valence-corrected chi connectivity index (χ4v) is 6.65. The van der Waals surface area contributed by atoms with E-state index in [1.54, 1.807) is 12.4 Å². The predicted molar refractivity (Wildman–Crippen MR) is 191 cm³/mol. The molecule has 0 aliphatic heterocycles. The number of nitrogens with zero attached hydrogens (tertiary/aromatic N) is 3. The fourth-order valence-electron chi connectivity index (χ4n) is 5.62. The van der Waals surface area contributed by atoms with Crippen LogP contribution in [0.3, 0.4) is 0 Å². The molecule has 0 spiro atoms. The number of benzene rings is 4. The van der Waals surface area contributed by atoms with Gasteiger partial charge in [0.05, 0.1) is 13.7 Å². The normalized spacial score (nSPS) is 11.9. The molecule has 0 saturated carbocycles. The Hall–Kier alpha value is -4.49. The zero-order valence-electron chi connectivity index (χ0n) is 27.6. The second kappa shape index (κ2) is 12.8. The Morgan fingerprint density at radius 3 is 2.15 bits per heavy atom. The second-order valence-electron chi connectivity index (χ2n) is 13.8. The van der Waals surface area contributed by atoms with Gasteiger partial charge in [-0.15, -0.1) is 48.0 Å². The Morgan fingerprint density at radius 2 is 1.46 bits per heavy atom. The first kappa shape index (κ1) is 33.4. The van der Waals surface area contributed by atoms with Crippen molar-refractivity contribution in [1.82, 2.24) is 15.0 Å². The third-order valence-corrected chi connectivity index (χ3v) is 10.3. The molecule has 0 unspecified atom stereocenters. The maximum absolute atomic E-state index is 12.8. The number of halogens is 1. The summed E-state index contributed by atoms with van der Waals surface area (Å²) < 4.78 is 25.2. The zero-order chi connectivity index (χ0) is 32.9. The van der Waals surface area contributed by atoms with Gasteiger partial charge in [0.15, 0.2) is 0 Å². The summed E-state index contributed by atoms with van der Waals surface area (Å²) in [5, 5.41) is 5.52. The van der Waals surface area contributed by atoms with Crippen molar-refractivity contribution in [2.45, 2.75) is 45.8 Å². The van der Waals surface area contributed by atoms with Crippen molar-refractivity contribution in [2.24, 2.45) is 0 Å².